The predicted molar refractivity (Wildman–Crippen MR) is 154 cm³/mol. The summed E-state index contributed by atoms with van der Waals surface area (Å²) in [5.74, 6) is -0.196. The second-order valence-corrected chi connectivity index (χ2v) is 11.6. The maximum atomic E-state index is 15.2. The summed E-state index contributed by atoms with van der Waals surface area (Å²) < 4.78 is 15.2. The van der Waals surface area contributed by atoms with Crippen LogP contribution in [0.1, 0.15) is 37.4 Å². The Hall–Kier alpha value is -4.77. The fourth-order valence-electron chi connectivity index (χ4n) is 4.30. The third-order valence-electron chi connectivity index (χ3n) is 6.45. The molecule has 200 valence electrons. The van der Waals surface area contributed by atoms with Crippen molar-refractivity contribution in [2.24, 2.45) is 5.41 Å². The molecule has 1 amide bonds. The molecule has 0 bridgehead atoms. The first-order valence-electron chi connectivity index (χ1n) is 12.5. The molecule has 5 aromatic heterocycles. The number of amides is 1. The maximum Gasteiger partial charge on any atom is 0.229 e. The second kappa shape index (κ2) is 9.45. The third kappa shape index (κ3) is 4.54. The highest BCUT2D eigenvalue weighted by atomic mass is 32.1. The monoisotopic (exact) mass is 553 g/mol. The molecule has 6 aromatic rings. The highest BCUT2D eigenvalue weighted by Gasteiger charge is 2.22. The molecule has 3 N–H and O–H groups in total. The Bertz CT molecular complexity index is 1950. The third-order valence-corrected chi connectivity index (χ3v) is 7.64. The molecule has 0 aliphatic carbocycles. The Labute approximate surface area is 231 Å². The number of hydrogen-bond donors (Lipinski definition) is 3. The molecule has 0 aliphatic heterocycles. The number of hydrogen-bond acceptors (Lipinski definition) is 7. The maximum absolute atomic E-state index is 15.2. The van der Waals surface area contributed by atoms with Crippen LogP contribution in [0.25, 0.3) is 55.2 Å². The van der Waals surface area contributed by atoms with Crippen LogP contribution in [0.15, 0.2) is 55.0 Å². The number of aromatic amines is 2. The summed E-state index contributed by atoms with van der Waals surface area (Å²) in [6, 6.07) is 10.4. The first-order chi connectivity index (χ1) is 19.1. The molecule has 5 heterocycles. The summed E-state index contributed by atoms with van der Waals surface area (Å²) in [5.41, 5.74) is 3.84. The summed E-state index contributed by atoms with van der Waals surface area (Å²) in [6.07, 6.45) is 4.84. The van der Waals surface area contributed by atoms with Gasteiger partial charge < -0.3 is 10.3 Å². The van der Waals surface area contributed by atoms with Gasteiger partial charge in [-0.25, -0.2) is 9.37 Å². The van der Waals surface area contributed by atoms with E-state index in [0.29, 0.717) is 49.8 Å². The van der Waals surface area contributed by atoms with E-state index in [1.807, 2.05) is 39.0 Å². The number of thiophene rings is 1. The van der Waals surface area contributed by atoms with Crippen LogP contribution in [0, 0.1) is 11.2 Å². The van der Waals surface area contributed by atoms with Crippen LogP contribution in [-0.4, -0.2) is 41.8 Å². The zero-order chi connectivity index (χ0) is 28.2. The van der Waals surface area contributed by atoms with Crippen molar-refractivity contribution >= 4 is 50.7 Å². The first-order valence-corrected chi connectivity index (χ1v) is 13.3. The fraction of sp³-hybridized carbons (Fsp3) is 0.172. The Kier molecular flexibility index (Phi) is 6.03. The number of nitrogens with one attached hydrogen (secondary N) is 3. The van der Waals surface area contributed by atoms with Gasteiger partial charge in [0, 0.05) is 28.8 Å². The molecule has 0 radical (unpaired) electrons. The van der Waals surface area contributed by atoms with Crippen molar-refractivity contribution in [3.8, 4) is 33.2 Å². The number of carbonyl (C=O) groups is 2. The largest absolute Gasteiger partial charge is 0.337 e. The van der Waals surface area contributed by atoms with E-state index in [1.54, 1.807) is 30.7 Å². The van der Waals surface area contributed by atoms with E-state index in [1.165, 1.54) is 24.3 Å². The van der Waals surface area contributed by atoms with Gasteiger partial charge in [0.15, 0.2) is 17.4 Å². The number of benzene rings is 1. The zero-order valence-electron chi connectivity index (χ0n) is 22.1. The molecule has 0 atom stereocenters. The molecule has 0 aliphatic rings. The van der Waals surface area contributed by atoms with E-state index in [9.17, 15) is 9.59 Å². The Morgan fingerprint density at radius 1 is 1.02 bits per heavy atom. The van der Waals surface area contributed by atoms with Gasteiger partial charge in [0.25, 0.3) is 0 Å². The number of rotatable bonds is 5. The van der Waals surface area contributed by atoms with Crippen molar-refractivity contribution in [1.29, 1.82) is 0 Å². The highest BCUT2D eigenvalue weighted by molar-refractivity contribution is 7.17. The minimum Gasteiger partial charge on any atom is -0.337 e. The van der Waals surface area contributed by atoms with Crippen molar-refractivity contribution < 1.29 is 14.0 Å². The van der Waals surface area contributed by atoms with Crippen LogP contribution in [0.2, 0.25) is 0 Å². The summed E-state index contributed by atoms with van der Waals surface area (Å²) in [4.78, 5) is 42.6. The number of halogens is 1. The molecule has 40 heavy (non-hydrogen) atoms. The lowest BCUT2D eigenvalue weighted by molar-refractivity contribution is -0.123. The van der Waals surface area contributed by atoms with Gasteiger partial charge in [0.2, 0.25) is 5.91 Å². The first kappa shape index (κ1) is 25.5. The SMILES string of the molecule is CC(=O)c1ccc(-c2nccc3[nH]c(-c4[nH]nc5c(F)cc(-c6cncc(NC(=O)C(C)(C)C)c6)cc45)nc23)s1. The quantitative estimate of drug-likeness (QED) is 0.206. The van der Waals surface area contributed by atoms with Crippen molar-refractivity contribution in [2.75, 3.05) is 5.32 Å². The number of anilines is 1. The number of imidazole rings is 1. The number of carbonyl (C=O) groups excluding carboxylic acids is 2. The Morgan fingerprint density at radius 2 is 1.85 bits per heavy atom. The number of pyridine rings is 2. The number of fused-ring (bicyclic) bond motifs is 2. The van der Waals surface area contributed by atoms with Gasteiger partial charge in [-0.15, -0.1) is 11.3 Å². The lowest BCUT2D eigenvalue weighted by Gasteiger charge is -2.17. The molecule has 0 saturated carbocycles. The van der Waals surface area contributed by atoms with Crippen molar-refractivity contribution in [3.05, 3.63) is 65.7 Å². The number of ketones is 1. The van der Waals surface area contributed by atoms with Crippen LogP contribution >= 0.6 is 11.3 Å². The smallest absolute Gasteiger partial charge is 0.229 e. The number of nitrogens with zero attached hydrogens (tertiary/aromatic N) is 4. The van der Waals surface area contributed by atoms with Crippen LogP contribution in [0.5, 0.6) is 0 Å². The average molecular weight is 554 g/mol. The van der Waals surface area contributed by atoms with E-state index in [2.05, 4.69) is 30.5 Å². The van der Waals surface area contributed by atoms with Gasteiger partial charge in [-0.05, 0) is 48.9 Å². The van der Waals surface area contributed by atoms with Crippen LogP contribution in [0.3, 0.4) is 0 Å². The van der Waals surface area contributed by atoms with Crippen LogP contribution in [-0.2, 0) is 4.79 Å². The standard InChI is InChI=1S/C29H24FN7O2S/c1-14(38)21-5-6-22(40-21)26-25-20(7-8-32-26)34-27(35-25)24-18-10-15(11-19(30)23(18)36-37-24)16-9-17(13-31-12-16)33-28(39)29(2,3)4/h5-13H,1-4H3,(H,33,39)(H,34,35)(H,36,37). The number of Topliss-reactive ketones (excluding diaryl/α,β-unsaturated/α-hetero) is 1. The summed E-state index contributed by atoms with van der Waals surface area (Å²) in [5, 5.41) is 10.5. The fourth-order valence-corrected chi connectivity index (χ4v) is 5.19. The van der Waals surface area contributed by atoms with Crippen molar-refractivity contribution in [3.63, 3.8) is 0 Å². The minimum absolute atomic E-state index is 0.00905. The molecule has 11 heteroatoms. The van der Waals surface area contributed by atoms with Crippen molar-refractivity contribution in [2.45, 2.75) is 27.7 Å². The molecule has 0 unspecified atom stereocenters. The Balaban J connectivity index is 1.42. The van der Waals surface area contributed by atoms with E-state index in [0.717, 1.165) is 10.4 Å². The predicted octanol–water partition coefficient (Wildman–Crippen LogP) is 6.62. The minimum atomic E-state index is -0.575. The van der Waals surface area contributed by atoms with Gasteiger partial charge in [0.1, 0.15) is 22.4 Å². The normalized spacial score (nSPS) is 11.8. The van der Waals surface area contributed by atoms with Crippen LogP contribution < -0.4 is 5.32 Å². The second-order valence-electron chi connectivity index (χ2n) is 10.5. The molecule has 1 aromatic carbocycles. The molecule has 0 spiro atoms. The molecule has 6 rings (SSSR count). The van der Waals surface area contributed by atoms with E-state index >= 15 is 4.39 Å². The zero-order valence-corrected chi connectivity index (χ0v) is 22.9. The van der Waals surface area contributed by atoms with Crippen LogP contribution in [0.4, 0.5) is 10.1 Å². The molecular formula is C29H24FN7O2S. The molecule has 9 nitrogen and oxygen atoms in total. The molecule has 0 fully saturated rings. The van der Waals surface area contributed by atoms with Gasteiger partial charge >= 0.3 is 0 Å². The van der Waals surface area contributed by atoms with E-state index in [4.69, 9.17) is 4.98 Å². The average Bonchev–Trinajstić information content (AvgIpc) is 3.66. The summed E-state index contributed by atoms with van der Waals surface area (Å²) >= 11 is 1.36. The van der Waals surface area contributed by atoms with E-state index in [-0.39, 0.29) is 17.2 Å². The van der Waals surface area contributed by atoms with E-state index < -0.39 is 11.2 Å². The molecular weight excluding hydrogens is 529 g/mol. The lowest BCUT2D eigenvalue weighted by atomic mass is 9.95. The van der Waals surface area contributed by atoms with Gasteiger partial charge in [-0.1, -0.05) is 20.8 Å². The topological polar surface area (TPSA) is 129 Å². The number of H-pyrrole nitrogens is 2. The highest BCUT2D eigenvalue weighted by Crippen LogP contribution is 2.35. The Morgan fingerprint density at radius 3 is 2.60 bits per heavy atom. The molecule has 0 saturated heterocycles. The van der Waals surface area contributed by atoms with Gasteiger partial charge in [-0.3, -0.25) is 24.7 Å². The van der Waals surface area contributed by atoms with Crippen molar-refractivity contribution in [1.82, 2.24) is 30.1 Å². The summed E-state index contributed by atoms with van der Waals surface area (Å²) in [7, 11) is 0. The summed E-state index contributed by atoms with van der Waals surface area (Å²) in [6.45, 7) is 7.00. The van der Waals surface area contributed by atoms with Gasteiger partial charge in [-0.2, -0.15) is 5.10 Å². The van der Waals surface area contributed by atoms with Gasteiger partial charge in [0.05, 0.1) is 27.2 Å². The lowest BCUT2D eigenvalue weighted by Crippen LogP contribution is -2.27. The number of aromatic nitrogens is 6.